The van der Waals surface area contributed by atoms with Crippen molar-refractivity contribution in [3.63, 3.8) is 0 Å². The smallest absolute Gasteiger partial charge is 0.0495 e. The van der Waals surface area contributed by atoms with Crippen molar-refractivity contribution in [1.29, 1.82) is 0 Å². The molecule has 1 saturated carbocycles. The molecule has 1 fully saturated rings. The lowest BCUT2D eigenvalue weighted by Gasteiger charge is -2.34. The van der Waals surface area contributed by atoms with E-state index in [0.29, 0.717) is 6.54 Å². The van der Waals surface area contributed by atoms with Crippen LogP contribution in [-0.2, 0) is 0 Å². The molecule has 0 bridgehead atoms. The Morgan fingerprint density at radius 1 is 1.35 bits per heavy atom. The maximum Gasteiger partial charge on any atom is 0.0495 e. The molecule has 2 nitrogen and oxygen atoms in total. The van der Waals surface area contributed by atoms with Gasteiger partial charge in [0.15, 0.2) is 0 Å². The number of rotatable bonds is 4. The summed E-state index contributed by atoms with van der Waals surface area (Å²) in [4.78, 5) is 0. The topological polar surface area (TPSA) is 38.0 Å². The molecule has 1 aliphatic carbocycles. The number of nitrogens with two attached hydrogens (primary N) is 1. The molecule has 0 spiro atoms. The highest BCUT2D eigenvalue weighted by molar-refractivity contribution is 6.30. The molecule has 0 aromatic heterocycles. The van der Waals surface area contributed by atoms with Crippen LogP contribution in [0, 0.1) is 11.8 Å². The highest BCUT2D eigenvalue weighted by Crippen LogP contribution is 2.35. The number of anilines is 1. The van der Waals surface area contributed by atoms with Crippen LogP contribution in [0.3, 0.4) is 0 Å². The molecule has 20 heavy (non-hydrogen) atoms. The van der Waals surface area contributed by atoms with Crippen LogP contribution in [0.5, 0.6) is 0 Å². The number of hydrogen-bond acceptors (Lipinski definition) is 2. The van der Waals surface area contributed by atoms with E-state index in [1.165, 1.54) is 19.3 Å². The van der Waals surface area contributed by atoms with E-state index in [4.69, 9.17) is 17.3 Å². The summed E-state index contributed by atoms with van der Waals surface area (Å²) in [6.45, 7) is 5.36. The molecule has 1 aliphatic rings. The van der Waals surface area contributed by atoms with E-state index in [1.807, 2.05) is 18.2 Å². The van der Waals surface area contributed by atoms with Crippen LogP contribution in [-0.4, -0.2) is 12.1 Å². The van der Waals surface area contributed by atoms with Gasteiger partial charge in [-0.05, 0) is 49.3 Å². The predicted octanol–water partition coefficient (Wildman–Crippen LogP) is 4.69. The first-order chi connectivity index (χ1) is 9.54. The van der Waals surface area contributed by atoms with Gasteiger partial charge in [0.1, 0.15) is 0 Å². The van der Waals surface area contributed by atoms with Gasteiger partial charge in [0.05, 0.1) is 0 Å². The summed E-state index contributed by atoms with van der Waals surface area (Å²) in [5.41, 5.74) is 7.24. The minimum absolute atomic E-state index is 0.0360. The molecule has 0 heterocycles. The highest BCUT2D eigenvalue weighted by atomic mass is 35.5. The Labute approximate surface area is 128 Å². The van der Waals surface area contributed by atoms with Crippen molar-refractivity contribution >= 4 is 17.3 Å². The molecular weight excluding hydrogens is 268 g/mol. The lowest BCUT2D eigenvalue weighted by molar-refractivity contribution is 0.332. The van der Waals surface area contributed by atoms with E-state index in [9.17, 15) is 0 Å². The average molecular weight is 295 g/mol. The molecular formula is C17H27ClN2. The summed E-state index contributed by atoms with van der Waals surface area (Å²) in [5, 5.41) is 4.45. The Kier molecular flexibility index (Phi) is 5.34. The summed E-state index contributed by atoms with van der Waals surface area (Å²) in [6, 6.07) is 7.96. The van der Waals surface area contributed by atoms with Gasteiger partial charge >= 0.3 is 0 Å². The summed E-state index contributed by atoms with van der Waals surface area (Å²) >= 11 is 6.08. The second kappa shape index (κ2) is 6.82. The summed E-state index contributed by atoms with van der Waals surface area (Å²) in [5.74, 6) is 1.61. The van der Waals surface area contributed by atoms with Gasteiger partial charge in [0, 0.05) is 22.8 Å². The van der Waals surface area contributed by atoms with Crippen LogP contribution in [0.25, 0.3) is 0 Å². The van der Waals surface area contributed by atoms with Crippen LogP contribution in [0.15, 0.2) is 24.3 Å². The Bertz CT molecular complexity index is 433. The van der Waals surface area contributed by atoms with Gasteiger partial charge in [0.25, 0.3) is 0 Å². The van der Waals surface area contributed by atoms with Gasteiger partial charge in [-0.3, -0.25) is 0 Å². The zero-order chi connectivity index (χ0) is 14.6. The standard InChI is InChI=1S/C17H27ClN2/c1-13(2)14-5-4-9-17(12-19,10-8-14)20-16-7-3-6-15(18)11-16/h3,6-7,11,13-14,20H,4-5,8-10,12,19H2,1-2H3. The molecule has 3 heteroatoms. The first-order valence-corrected chi connectivity index (χ1v) is 8.16. The van der Waals surface area contributed by atoms with E-state index < -0.39 is 0 Å². The third-order valence-corrected chi connectivity index (χ3v) is 5.03. The fraction of sp³-hybridized carbons (Fsp3) is 0.647. The van der Waals surface area contributed by atoms with E-state index in [2.05, 4.69) is 25.2 Å². The number of halogens is 1. The summed E-state index contributed by atoms with van der Waals surface area (Å²) < 4.78 is 0. The van der Waals surface area contributed by atoms with E-state index in [1.54, 1.807) is 0 Å². The zero-order valence-electron chi connectivity index (χ0n) is 12.7. The van der Waals surface area contributed by atoms with Crippen molar-refractivity contribution in [1.82, 2.24) is 0 Å². The van der Waals surface area contributed by atoms with Crippen LogP contribution >= 0.6 is 11.6 Å². The molecule has 2 rings (SSSR count). The van der Waals surface area contributed by atoms with E-state index in [-0.39, 0.29) is 5.54 Å². The Hall–Kier alpha value is -0.730. The SMILES string of the molecule is CC(C)C1CCCC(CN)(Nc2cccc(Cl)c2)CC1. The molecule has 112 valence electrons. The van der Waals surface area contributed by atoms with Crippen molar-refractivity contribution in [2.75, 3.05) is 11.9 Å². The third-order valence-electron chi connectivity index (χ3n) is 4.79. The highest BCUT2D eigenvalue weighted by Gasteiger charge is 2.32. The van der Waals surface area contributed by atoms with Crippen molar-refractivity contribution in [2.24, 2.45) is 17.6 Å². The Balaban J connectivity index is 2.09. The first-order valence-electron chi connectivity index (χ1n) is 7.78. The Morgan fingerprint density at radius 2 is 2.15 bits per heavy atom. The number of benzene rings is 1. The third kappa shape index (κ3) is 3.89. The summed E-state index contributed by atoms with van der Waals surface area (Å²) in [6.07, 6.45) is 6.16. The maximum atomic E-state index is 6.12. The second-order valence-corrected chi connectivity index (χ2v) is 6.99. The van der Waals surface area contributed by atoms with Crippen LogP contribution < -0.4 is 11.1 Å². The van der Waals surface area contributed by atoms with E-state index >= 15 is 0 Å². The van der Waals surface area contributed by atoms with Crippen molar-refractivity contribution in [3.05, 3.63) is 29.3 Å². The normalized spacial score (nSPS) is 27.4. The lowest BCUT2D eigenvalue weighted by atomic mass is 9.86. The van der Waals surface area contributed by atoms with Crippen LogP contribution in [0.1, 0.15) is 46.0 Å². The van der Waals surface area contributed by atoms with Gasteiger partial charge in [0.2, 0.25) is 0 Å². The second-order valence-electron chi connectivity index (χ2n) is 6.55. The molecule has 0 amide bonds. The summed E-state index contributed by atoms with van der Waals surface area (Å²) in [7, 11) is 0. The van der Waals surface area contributed by atoms with Gasteiger partial charge < -0.3 is 11.1 Å². The zero-order valence-corrected chi connectivity index (χ0v) is 13.4. The Morgan fingerprint density at radius 3 is 2.80 bits per heavy atom. The molecule has 2 unspecified atom stereocenters. The quantitative estimate of drug-likeness (QED) is 0.791. The molecule has 2 atom stereocenters. The van der Waals surface area contributed by atoms with E-state index in [0.717, 1.165) is 35.4 Å². The molecule has 1 aromatic carbocycles. The van der Waals surface area contributed by atoms with Crippen LogP contribution in [0.2, 0.25) is 5.02 Å². The lowest BCUT2D eigenvalue weighted by Crippen LogP contribution is -2.45. The van der Waals surface area contributed by atoms with Gasteiger partial charge in [-0.2, -0.15) is 0 Å². The minimum atomic E-state index is 0.0360. The molecule has 3 N–H and O–H groups in total. The minimum Gasteiger partial charge on any atom is -0.378 e. The predicted molar refractivity (Wildman–Crippen MR) is 88.3 cm³/mol. The number of hydrogen-bond donors (Lipinski definition) is 2. The largest absolute Gasteiger partial charge is 0.378 e. The fourth-order valence-corrected chi connectivity index (χ4v) is 3.54. The van der Waals surface area contributed by atoms with Crippen molar-refractivity contribution in [2.45, 2.75) is 51.5 Å². The first kappa shape index (κ1) is 15.7. The van der Waals surface area contributed by atoms with Gasteiger partial charge in [-0.25, -0.2) is 0 Å². The van der Waals surface area contributed by atoms with Crippen molar-refractivity contribution < 1.29 is 0 Å². The van der Waals surface area contributed by atoms with Gasteiger partial charge in [-0.1, -0.05) is 44.4 Å². The van der Waals surface area contributed by atoms with Gasteiger partial charge in [-0.15, -0.1) is 0 Å². The number of nitrogens with one attached hydrogen (secondary N) is 1. The maximum absolute atomic E-state index is 6.12. The average Bonchev–Trinajstić information content (AvgIpc) is 2.62. The van der Waals surface area contributed by atoms with Crippen LogP contribution in [0.4, 0.5) is 5.69 Å². The van der Waals surface area contributed by atoms with Crippen molar-refractivity contribution in [3.8, 4) is 0 Å². The molecule has 1 aromatic rings. The fourth-order valence-electron chi connectivity index (χ4n) is 3.35. The monoisotopic (exact) mass is 294 g/mol. The molecule has 0 saturated heterocycles. The molecule has 0 aliphatic heterocycles. The molecule has 0 radical (unpaired) electrons.